The van der Waals surface area contributed by atoms with Gasteiger partial charge in [0.15, 0.2) is 0 Å². The van der Waals surface area contributed by atoms with E-state index in [1.807, 2.05) is 0 Å². The van der Waals surface area contributed by atoms with Crippen molar-refractivity contribution in [3.05, 3.63) is 24.4 Å². The minimum Gasteiger partial charge on any atom is -0.399 e. The van der Waals surface area contributed by atoms with Gasteiger partial charge in [-0.25, -0.2) is 13.1 Å². The predicted molar refractivity (Wildman–Crippen MR) is 72.1 cm³/mol. The number of rotatable bonds is 3. The number of aliphatic hydroxyl groups excluding tert-OH is 1. The molecule has 0 atom stereocenters. The second-order valence-corrected chi connectivity index (χ2v) is 6.58. The highest BCUT2D eigenvalue weighted by Gasteiger charge is 2.32. The minimum atomic E-state index is -3.59. The molecule has 0 unspecified atom stereocenters. The summed E-state index contributed by atoms with van der Waals surface area (Å²) in [7, 11) is -3.59. The lowest BCUT2D eigenvalue weighted by Crippen LogP contribution is -2.46. The summed E-state index contributed by atoms with van der Waals surface area (Å²) in [6.07, 6.45) is 1.99. The number of H-pyrrole nitrogens is 1. The number of aliphatic hydroxyl groups is 1. The lowest BCUT2D eigenvalue weighted by atomic mass is 9.91. The molecule has 0 amide bonds. The fraction of sp³-hybridized carbons (Fsp3) is 0.333. The van der Waals surface area contributed by atoms with Gasteiger partial charge in [-0.3, -0.25) is 0 Å². The fourth-order valence-corrected chi connectivity index (χ4v) is 3.73. The van der Waals surface area contributed by atoms with Crippen LogP contribution in [0.2, 0.25) is 0 Å². The van der Waals surface area contributed by atoms with Gasteiger partial charge in [-0.1, -0.05) is 0 Å². The second-order valence-electron chi connectivity index (χ2n) is 4.90. The van der Waals surface area contributed by atoms with E-state index in [0.717, 1.165) is 5.52 Å². The topological polar surface area (TPSA) is 108 Å². The molecule has 1 heterocycles. The van der Waals surface area contributed by atoms with E-state index in [-0.39, 0.29) is 10.9 Å². The Morgan fingerprint density at radius 1 is 1.37 bits per heavy atom. The SMILES string of the molecule is Nc1ccc2[nH]cc(S(=O)(=O)NC3CC(O)C3)c2c1. The summed E-state index contributed by atoms with van der Waals surface area (Å²) in [5, 5.41) is 9.77. The number of aromatic nitrogens is 1. The molecule has 6 nitrogen and oxygen atoms in total. The van der Waals surface area contributed by atoms with Crippen LogP contribution in [0.15, 0.2) is 29.3 Å². The highest BCUT2D eigenvalue weighted by Crippen LogP contribution is 2.27. The number of fused-ring (bicyclic) bond motifs is 1. The molecule has 0 aliphatic heterocycles. The van der Waals surface area contributed by atoms with Crippen LogP contribution in [0.5, 0.6) is 0 Å². The first-order valence-corrected chi connectivity index (χ1v) is 7.51. The number of anilines is 1. The molecule has 0 bridgehead atoms. The van der Waals surface area contributed by atoms with E-state index >= 15 is 0 Å². The normalized spacial score (nSPS) is 23.4. The molecule has 1 aromatic heterocycles. The number of sulfonamides is 1. The Labute approximate surface area is 110 Å². The van der Waals surface area contributed by atoms with Crippen molar-refractivity contribution in [3.8, 4) is 0 Å². The van der Waals surface area contributed by atoms with E-state index in [9.17, 15) is 13.5 Å². The van der Waals surface area contributed by atoms with Crippen molar-refractivity contribution in [1.29, 1.82) is 0 Å². The molecule has 19 heavy (non-hydrogen) atoms. The standard InChI is InChI=1S/C12H15N3O3S/c13-7-1-2-11-10(3-7)12(6-14-11)19(17,18)15-8-4-9(16)5-8/h1-3,6,8-9,14-16H,4-5,13H2. The molecule has 5 N–H and O–H groups in total. The smallest absolute Gasteiger partial charge is 0.242 e. The Kier molecular flexibility index (Phi) is 2.77. The van der Waals surface area contributed by atoms with E-state index in [4.69, 9.17) is 5.73 Å². The first-order chi connectivity index (χ1) is 8.95. The molecule has 7 heteroatoms. The van der Waals surface area contributed by atoms with E-state index in [0.29, 0.717) is 23.9 Å². The summed E-state index contributed by atoms with van der Waals surface area (Å²) < 4.78 is 27.1. The Bertz CT molecular complexity index is 717. The number of aromatic amines is 1. The maximum absolute atomic E-state index is 12.3. The van der Waals surface area contributed by atoms with Gasteiger partial charge in [-0.2, -0.15) is 0 Å². The third-order valence-electron chi connectivity index (χ3n) is 3.39. The first kappa shape index (κ1) is 12.5. The molecular formula is C12H15N3O3S. The third-order valence-corrected chi connectivity index (χ3v) is 4.95. The number of nitrogens with two attached hydrogens (primary N) is 1. The van der Waals surface area contributed by atoms with Gasteiger partial charge in [0.25, 0.3) is 0 Å². The second kappa shape index (κ2) is 4.22. The van der Waals surface area contributed by atoms with Crippen molar-refractivity contribution in [2.24, 2.45) is 0 Å². The summed E-state index contributed by atoms with van der Waals surface area (Å²) in [6.45, 7) is 0. The summed E-state index contributed by atoms with van der Waals surface area (Å²) in [5.41, 5.74) is 6.93. The first-order valence-electron chi connectivity index (χ1n) is 6.03. The van der Waals surface area contributed by atoms with Crippen molar-refractivity contribution in [2.45, 2.75) is 29.9 Å². The number of hydrogen-bond acceptors (Lipinski definition) is 4. The van der Waals surface area contributed by atoms with Crippen LogP contribution in [0, 0.1) is 0 Å². The number of nitrogen functional groups attached to an aromatic ring is 1. The molecule has 2 aromatic rings. The van der Waals surface area contributed by atoms with Gasteiger partial charge in [0.05, 0.1) is 6.10 Å². The highest BCUT2D eigenvalue weighted by atomic mass is 32.2. The molecule has 1 aliphatic carbocycles. The third kappa shape index (κ3) is 2.20. The molecule has 3 rings (SSSR count). The number of hydrogen-bond donors (Lipinski definition) is 4. The van der Waals surface area contributed by atoms with Gasteiger partial charge in [0.2, 0.25) is 10.0 Å². The van der Waals surface area contributed by atoms with Crippen LogP contribution in [0.3, 0.4) is 0 Å². The fourth-order valence-electron chi connectivity index (χ4n) is 2.30. The van der Waals surface area contributed by atoms with E-state index in [1.165, 1.54) is 6.20 Å². The van der Waals surface area contributed by atoms with Gasteiger partial charge < -0.3 is 15.8 Å². The monoisotopic (exact) mass is 281 g/mol. The van der Waals surface area contributed by atoms with E-state index in [2.05, 4.69) is 9.71 Å². The quantitative estimate of drug-likeness (QED) is 0.616. The summed E-state index contributed by atoms with van der Waals surface area (Å²) in [4.78, 5) is 3.11. The van der Waals surface area contributed by atoms with Crippen LogP contribution in [0.25, 0.3) is 10.9 Å². The summed E-state index contributed by atoms with van der Waals surface area (Å²) >= 11 is 0. The summed E-state index contributed by atoms with van der Waals surface area (Å²) in [6, 6.07) is 4.91. The molecule has 1 aliphatic rings. The Morgan fingerprint density at radius 3 is 2.79 bits per heavy atom. The van der Waals surface area contributed by atoms with Crippen LogP contribution in [0.1, 0.15) is 12.8 Å². The molecule has 0 radical (unpaired) electrons. The van der Waals surface area contributed by atoms with Crippen LogP contribution in [-0.4, -0.2) is 30.7 Å². The van der Waals surface area contributed by atoms with E-state index < -0.39 is 16.1 Å². The van der Waals surface area contributed by atoms with Crippen LogP contribution < -0.4 is 10.5 Å². The van der Waals surface area contributed by atoms with Gasteiger partial charge in [-0.05, 0) is 31.0 Å². The van der Waals surface area contributed by atoms with Gasteiger partial charge in [-0.15, -0.1) is 0 Å². The number of nitrogens with one attached hydrogen (secondary N) is 2. The van der Waals surface area contributed by atoms with Crippen molar-refractivity contribution in [3.63, 3.8) is 0 Å². The minimum absolute atomic E-state index is 0.189. The Morgan fingerprint density at radius 2 is 2.11 bits per heavy atom. The van der Waals surface area contributed by atoms with Crippen LogP contribution >= 0.6 is 0 Å². The predicted octanol–water partition coefficient (Wildman–Crippen LogP) is 0.552. The zero-order valence-electron chi connectivity index (χ0n) is 10.1. The zero-order chi connectivity index (χ0) is 13.6. The molecular weight excluding hydrogens is 266 g/mol. The molecule has 1 aromatic carbocycles. The molecule has 102 valence electrons. The Balaban J connectivity index is 1.96. The molecule has 1 saturated carbocycles. The maximum Gasteiger partial charge on any atom is 0.242 e. The average molecular weight is 281 g/mol. The van der Waals surface area contributed by atoms with Crippen molar-refractivity contribution >= 4 is 26.6 Å². The number of benzene rings is 1. The van der Waals surface area contributed by atoms with Crippen molar-refractivity contribution < 1.29 is 13.5 Å². The van der Waals surface area contributed by atoms with Gasteiger partial charge >= 0.3 is 0 Å². The lowest BCUT2D eigenvalue weighted by molar-refractivity contribution is 0.0712. The Hall–Kier alpha value is -1.57. The highest BCUT2D eigenvalue weighted by molar-refractivity contribution is 7.89. The largest absolute Gasteiger partial charge is 0.399 e. The van der Waals surface area contributed by atoms with Crippen molar-refractivity contribution in [2.75, 3.05) is 5.73 Å². The lowest BCUT2D eigenvalue weighted by Gasteiger charge is -2.31. The average Bonchev–Trinajstić information content (AvgIpc) is 2.70. The molecule has 1 fully saturated rings. The zero-order valence-corrected chi connectivity index (χ0v) is 10.9. The van der Waals surface area contributed by atoms with E-state index in [1.54, 1.807) is 18.2 Å². The van der Waals surface area contributed by atoms with Gasteiger partial charge in [0.1, 0.15) is 4.90 Å². The van der Waals surface area contributed by atoms with Crippen molar-refractivity contribution in [1.82, 2.24) is 9.71 Å². The van der Waals surface area contributed by atoms with Crippen LogP contribution in [0.4, 0.5) is 5.69 Å². The summed E-state index contributed by atoms with van der Waals surface area (Å²) in [5.74, 6) is 0. The molecule has 0 spiro atoms. The molecule has 0 saturated heterocycles. The van der Waals surface area contributed by atoms with Crippen LogP contribution in [-0.2, 0) is 10.0 Å². The van der Waals surface area contributed by atoms with Gasteiger partial charge in [0, 0.05) is 28.8 Å². The maximum atomic E-state index is 12.3.